The van der Waals surface area contributed by atoms with Crippen molar-refractivity contribution in [1.29, 1.82) is 0 Å². The van der Waals surface area contributed by atoms with Crippen LogP contribution in [0.3, 0.4) is 0 Å². The molecule has 2 aromatic carbocycles. The molecule has 1 aromatic heterocycles. The van der Waals surface area contributed by atoms with Crippen molar-refractivity contribution >= 4 is 17.4 Å². The maximum atomic E-state index is 12.8. The molecule has 1 N–H and O–H groups in total. The van der Waals surface area contributed by atoms with E-state index in [1.54, 1.807) is 11.1 Å². The number of hydrogen-bond acceptors (Lipinski definition) is 3. The van der Waals surface area contributed by atoms with Gasteiger partial charge in [-0.05, 0) is 49.6 Å². The molecule has 0 aliphatic carbocycles. The quantitative estimate of drug-likeness (QED) is 0.588. The minimum absolute atomic E-state index is 0.0353. The van der Waals surface area contributed by atoms with Crippen LogP contribution < -0.4 is 10.2 Å². The van der Waals surface area contributed by atoms with Crippen LogP contribution in [-0.4, -0.2) is 24.0 Å². The predicted octanol–water partition coefficient (Wildman–Crippen LogP) is 4.79. The number of hydrogen-bond donors (Lipinski definition) is 1. The first-order chi connectivity index (χ1) is 13.3. The van der Waals surface area contributed by atoms with Gasteiger partial charge in [-0.15, -0.1) is 0 Å². The summed E-state index contributed by atoms with van der Waals surface area (Å²) in [6.45, 7) is 3.43. The zero-order chi connectivity index (χ0) is 18.9. The van der Waals surface area contributed by atoms with Gasteiger partial charge in [-0.25, -0.2) is 4.98 Å². The summed E-state index contributed by atoms with van der Waals surface area (Å²) in [7, 11) is 0. The molecule has 0 unspecified atom stereocenters. The molecule has 0 fully saturated rings. The number of pyridine rings is 1. The van der Waals surface area contributed by atoms with E-state index >= 15 is 0 Å². The smallest absolute Gasteiger partial charge is 0.259 e. The Hall–Kier alpha value is -3.14. The minimum Gasteiger partial charge on any atom is -0.370 e. The maximum Gasteiger partial charge on any atom is 0.259 e. The zero-order valence-corrected chi connectivity index (χ0v) is 15.6. The van der Waals surface area contributed by atoms with E-state index in [9.17, 15) is 4.79 Å². The molecule has 0 radical (unpaired) electrons. The minimum atomic E-state index is -0.0353. The van der Waals surface area contributed by atoms with Crippen molar-refractivity contribution in [3.63, 3.8) is 0 Å². The third-order valence-corrected chi connectivity index (χ3v) is 4.43. The molecule has 0 atom stereocenters. The highest BCUT2D eigenvalue weighted by Crippen LogP contribution is 2.17. The normalized spacial score (nSPS) is 10.4. The molecule has 0 aliphatic heterocycles. The second kappa shape index (κ2) is 9.53. The van der Waals surface area contributed by atoms with Gasteiger partial charge in [0, 0.05) is 25.0 Å². The van der Waals surface area contributed by atoms with E-state index < -0.39 is 0 Å². The molecule has 27 heavy (non-hydrogen) atoms. The van der Waals surface area contributed by atoms with Gasteiger partial charge in [-0.2, -0.15) is 0 Å². The SMILES string of the molecule is CCN(C(=O)c1ccc(NCCCc2ccccc2)nc1)c1ccccc1. The van der Waals surface area contributed by atoms with E-state index in [1.807, 2.05) is 55.5 Å². The van der Waals surface area contributed by atoms with Crippen LogP contribution in [0.25, 0.3) is 0 Å². The number of anilines is 2. The summed E-state index contributed by atoms with van der Waals surface area (Å²) in [6, 6.07) is 23.9. The van der Waals surface area contributed by atoms with Gasteiger partial charge in [0.25, 0.3) is 5.91 Å². The largest absolute Gasteiger partial charge is 0.370 e. The first-order valence-electron chi connectivity index (χ1n) is 9.38. The van der Waals surface area contributed by atoms with Gasteiger partial charge >= 0.3 is 0 Å². The van der Waals surface area contributed by atoms with Crippen LogP contribution in [0.1, 0.15) is 29.3 Å². The highest BCUT2D eigenvalue weighted by Gasteiger charge is 2.16. The van der Waals surface area contributed by atoms with Crippen molar-refractivity contribution in [2.75, 3.05) is 23.3 Å². The van der Waals surface area contributed by atoms with Gasteiger partial charge in [-0.3, -0.25) is 4.79 Å². The number of benzene rings is 2. The van der Waals surface area contributed by atoms with Crippen molar-refractivity contribution in [2.24, 2.45) is 0 Å². The molecule has 1 heterocycles. The monoisotopic (exact) mass is 359 g/mol. The Morgan fingerprint density at radius 3 is 2.30 bits per heavy atom. The van der Waals surface area contributed by atoms with Crippen molar-refractivity contribution in [3.05, 3.63) is 90.1 Å². The topological polar surface area (TPSA) is 45.2 Å². The molecule has 0 saturated heterocycles. The highest BCUT2D eigenvalue weighted by atomic mass is 16.2. The lowest BCUT2D eigenvalue weighted by molar-refractivity contribution is 0.0988. The second-order valence-electron chi connectivity index (χ2n) is 6.33. The summed E-state index contributed by atoms with van der Waals surface area (Å²) < 4.78 is 0. The lowest BCUT2D eigenvalue weighted by atomic mass is 10.1. The van der Waals surface area contributed by atoms with E-state index in [-0.39, 0.29) is 5.91 Å². The Morgan fingerprint density at radius 2 is 1.67 bits per heavy atom. The molecule has 138 valence electrons. The molecule has 3 rings (SSSR count). The van der Waals surface area contributed by atoms with Crippen molar-refractivity contribution < 1.29 is 4.79 Å². The summed E-state index contributed by atoms with van der Waals surface area (Å²) in [5.41, 5.74) is 2.83. The Balaban J connectivity index is 1.54. The highest BCUT2D eigenvalue weighted by molar-refractivity contribution is 6.05. The molecule has 4 heteroatoms. The van der Waals surface area contributed by atoms with Crippen molar-refractivity contribution in [3.8, 4) is 0 Å². The molecular weight excluding hydrogens is 334 g/mol. The fourth-order valence-corrected chi connectivity index (χ4v) is 2.99. The van der Waals surface area contributed by atoms with Crippen molar-refractivity contribution in [2.45, 2.75) is 19.8 Å². The Morgan fingerprint density at radius 1 is 0.963 bits per heavy atom. The summed E-state index contributed by atoms with van der Waals surface area (Å²) >= 11 is 0. The molecule has 3 aromatic rings. The number of nitrogens with zero attached hydrogens (tertiary/aromatic N) is 2. The third-order valence-electron chi connectivity index (χ3n) is 4.43. The number of carbonyl (C=O) groups excluding carboxylic acids is 1. The summed E-state index contributed by atoms with van der Waals surface area (Å²) in [5.74, 6) is 0.759. The summed E-state index contributed by atoms with van der Waals surface area (Å²) in [5, 5.41) is 3.32. The second-order valence-corrected chi connectivity index (χ2v) is 6.33. The standard InChI is InChI=1S/C23H25N3O/c1-2-26(21-13-7-4-8-14-21)23(27)20-15-16-22(25-18-20)24-17-9-12-19-10-5-3-6-11-19/h3-8,10-11,13-16,18H,2,9,12,17H2,1H3,(H,24,25). The summed E-state index contributed by atoms with van der Waals surface area (Å²) in [4.78, 5) is 18.9. The van der Waals surface area contributed by atoms with Crippen LogP contribution in [0.2, 0.25) is 0 Å². The molecule has 0 bridgehead atoms. The van der Waals surface area contributed by atoms with Gasteiger partial charge in [0.2, 0.25) is 0 Å². The average molecular weight is 359 g/mol. The van der Waals surface area contributed by atoms with Gasteiger partial charge < -0.3 is 10.2 Å². The summed E-state index contributed by atoms with van der Waals surface area (Å²) in [6.07, 6.45) is 3.71. The molecular formula is C23H25N3O. The first kappa shape index (κ1) is 18.6. The lowest BCUT2D eigenvalue weighted by Gasteiger charge is -2.21. The number of amides is 1. The number of aryl methyl sites for hydroxylation is 1. The zero-order valence-electron chi connectivity index (χ0n) is 15.6. The van der Waals surface area contributed by atoms with Crippen LogP contribution in [0.5, 0.6) is 0 Å². The number of rotatable bonds is 8. The van der Waals surface area contributed by atoms with E-state index in [0.29, 0.717) is 12.1 Å². The maximum absolute atomic E-state index is 12.8. The van der Waals surface area contributed by atoms with E-state index in [1.165, 1.54) is 5.56 Å². The van der Waals surface area contributed by atoms with Gasteiger partial charge in [0.05, 0.1) is 5.56 Å². The Labute approximate surface area is 160 Å². The first-order valence-corrected chi connectivity index (χ1v) is 9.38. The fourth-order valence-electron chi connectivity index (χ4n) is 2.99. The van der Waals surface area contributed by atoms with Crippen LogP contribution in [0.4, 0.5) is 11.5 Å². The Kier molecular flexibility index (Phi) is 6.58. The molecule has 0 spiro atoms. The lowest BCUT2D eigenvalue weighted by Crippen LogP contribution is -2.30. The van der Waals surface area contributed by atoms with Crippen LogP contribution in [0.15, 0.2) is 79.0 Å². The molecule has 4 nitrogen and oxygen atoms in total. The number of nitrogens with one attached hydrogen (secondary N) is 1. The van der Waals surface area contributed by atoms with Crippen molar-refractivity contribution in [1.82, 2.24) is 4.98 Å². The third kappa shape index (κ3) is 5.17. The Bertz CT molecular complexity index is 833. The average Bonchev–Trinajstić information content (AvgIpc) is 2.74. The fraction of sp³-hybridized carbons (Fsp3) is 0.217. The van der Waals surface area contributed by atoms with Gasteiger partial charge in [-0.1, -0.05) is 48.5 Å². The van der Waals surface area contributed by atoms with Crippen LogP contribution in [-0.2, 0) is 6.42 Å². The number of para-hydroxylation sites is 1. The van der Waals surface area contributed by atoms with E-state index in [2.05, 4.69) is 34.6 Å². The molecule has 0 aliphatic rings. The van der Waals surface area contributed by atoms with Gasteiger partial charge in [0.15, 0.2) is 0 Å². The number of aromatic nitrogens is 1. The van der Waals surface area contributed by atoms with Crippen LogP contribution in [0, 0.1) is 0 Å². The van der Waals surface area contributed by atoms with E-state index in [0.717, 1.165) is 30.9 Å². The molecule has 0 saturated carbocycles. The van der Waals surface area contributed by atoms with Gasteiger partial charge in [0.1, 0.15) is 5.82 Å². The van der Waals surface area contributed by atoms with E-state index in [4.69, 9.17) is 0 Å². The van der Waals surface area contributed by atoms with Crippen LogP contribution >= 0.6 is 0 Å². The number of carbonyl (C=O) groups is 1. The molecule has 1 amide bonds. The predicted molar refractivity (Wildman–Crippen MR) is 111 cm³/mol.